The first-order valence-corrected chi connectivity index (χ1v) is 11.0. The molecule has 0 aromatic carbocycles. The zero-order chi connectivity index (χ0) is 13.6. The van der Waals surface area contributed by atoms with Gasteiger partial charge < -0.3 is 9.16 Å². The molecule has 1 aliphatic carbocycles. The van der Waals surface area contributed by atoms with Gasteiger partial charge in [0.05, 0.1) is 6.10 Å². The van der Waals surface area contributed by atoms with Gasteiger partial charge in [-0.05, 0) is 43.8 Å². The minimum Gasteiger partial charge on any atom is -0.411 e. The minimum absolute atomic E-state index is 0.0322. The fraction of sp³-hybridized carbons (Fsp3) is 1.00. The summed E-state index contributed by atoms with van der Waals surface area (Å²) < 4.78 is 12.8. The van der Waals surface area contributed by atoms with E-state index in [0.717, 1.165) is 25.9 Å². The lowest BCUT2D eigenvalue weighted by Gasteiger charge is -2.43. The van der Waals surface area contributed by atoms with Gasteiger partial charge >= 0.3 is 0 Å². The third-order valence-corrected chi connectivity index (χ3v) is 10.8. The molecule has 0 N–H and O–H groups in total. The molecule has 1 aliphatic heterocycles. The molecular weight excluding hydrogens is 308 g/mol. The van der Waals surface area contributed by atoms with Gasteiger partial charge in [-0.2, -0.15) is 0 Å². The molecule has 1 saturated heterocycles. The van der Waals surface area contributed by atoms with Crippen LogP contribution in [-0.2, 0) is 9.16 Å². The number of hydrogen-bond donors (Lipinski definition) is 0. The van der Waals surface area contributed by atoms with Crippen LogP contribution in [0.5, 0.6) is 0 Å². The Hall–Kier alpha value is 0.617. The smallest absolute Gasteiger partial charge is 0.192 e. The average Bonchev–Trinajstić information content (AvgIpc) is 2.76. The Morgan fingerprint density at radius 2 is 1.94 bits per heavy atom. The third-order valence-electron chi connectivity index (χ3n) is 5.09. The first-order valence-electron chi connectivity index (χ1n) is 7.15. The van der Waals surface area contributed by atoms with E-state index in [0.29, 0.717) is 10.9 Å². The molecular formula is C14H27BrO2Si. The molecule has 2 nitrogen and oxygen atoms in total. The molecule has 0 aromatic heterocycles. The molecule has 0 aromatic rings. The van der Waals surface area contributed by atoms with Crippen molar-refractivity contribution in [3.63, 3.8) is 0 Å². The molecule has 0 radical (unpaired) electrons. The molecule has 18 heavy (non-hydrogen) atoms. The van der Waals surface area contributed by atoms with Crippen molar-refractivity contribution in [1.29, 1.82) is 0 Å². The summed E-state index contributed by atoms with van der Waals surface area (Å²) in [5.74, 6) is 0. The first kappa shape index (κ1) is 15.0. The van der Waals surface area contributed by atoms with Gasteiger partial charge in [0.1, 0.15) is 5.60 Å². The second-order valence-electron chi connectivity index (χ2n) is 7.32. The molecule has 0 bridgehead atoms. The highest BCUT2D eigenvalue weighted by atomic mass is 79.9. The van der Waals surface area contributed by atoms with Crippen LogP contribution in [0.3, 0.4) is 0 Å². The predicted octanol–water partition coefficient (Wildman–Crippen LogP) is 4.48. The van der Waals surface area contributed by atoms with Crippen molar-refractivity contribution in [2.24, 2.45) is 0 Å². The highest BCUT2D eigenvalue weighted by molar-refractivity contribution is 9.09. The standard InChI is InChI=1S/C14H27BrO2Si/c1-13(2,3)18(4,5)17-12-7-6-9-14(12)11(15)8-10-16-14/h11-12H,6-10H2,1-5H3/t11-,12-,14+/m1/s1. The Kier molecular flexibility index (Phi) is 4.06. The summed E-state index contributed by atoms with van der Waals surface area (Å²) >= 11 is 3.83. The Labute approximate surface area is 121 Å². The summed E-state index contributed by atoms with van der Waals surface area (Å²) in [5, 5.41) is 0.275. The minimum atomic E-state index is -1.69. The number of hydrogen-bond acceptors (Lipinski definition) is 2. The number of halogens is 1. The molecule has 1 spiro atoms. The van der Waals surface area contributed by atoms with E-state index in [9.17, 15) is 0 Å². The van der Waals surface area contributed by atoms with Gasteiger partial charge in [-0.15, -0.1) is 0 Å². The lowest BCUT2D eigenvalue weighted by Crippen LogP contribution is -2.52. The molecule has 2 fully saturated rings. The van der Waals surface area contributed by atoms with Crippen molar-refractivity contribution in [3.05, 3.63) is 0 Å². The molecule has 0 unspecified atom stereocenters. The summed E-state index contributed by atoms with van der Waals surface area (Å²) in [6.07, 6.45) is 4.97. The van der Waals surface area contributed by atoms with Crippen LogP contribution in [0.2, 0.25) is 18.1 Å². The van der Waals surface area contributed by atoms with E-state index in [2.05, 4.69) is 49.8 Å². The van der Waals surface area contributed by atoms with Crippen molar-refractivity contribution in [1.82, 2.24) is 0 Å². The number of alkyl halides is 1. The summed E-state index contributed by atoms with van der Waals surface area (Å²) in [6.45, 7) is 12.5. The molecule has 1 heterocycles. The van der Waals surface area contributed by atoms with E-state index in [1.54, 1.807) is 0 Å². The Balaban J connectivity index is 2.14. The molecule has 2 aliphatic rings. The molecule has 0 amide bonds. The summed E-state index contributed by atoms with van der Waals surface area (Å²) in [7, 11) is -1.69. The van der Waals surface area contributed by atoms with Crippen LogP contribution in [0.15, 0.2) is 0 Å². The maximum atomic E-state index is 6.66. The Bertz CT molecular complexity index is 309. The summed E-state index contributed by atoms with van der Waals surface area (Å²) in [6, 6.07) is 0. The van der Waals surface area contributed by atoms with Crippen molar-refractivity contribution in [3.8, 4) is 0 Å². The predicted molar refractivity (Wildman–Crippen MR) is 81.9 cm³/mol. The highest BCUT2D eigenvalue weighted by Gasteiger charge is 2.55. The number of rotatable bonds is 2. The van der Waals surface area contributed by atoms with Crippen LogP contribution in [0.1, 0.15) is 46.5 Å². The quantitative estimate of drug-likeness (QED) is 0.547. The molecule has 4 heteroatoms. The molecule has 3 atom stereocenters. The van der Waals surface area contributed by atoms with E-state index in [1.165, 1.54) is 6.42 Å². The summed E-state index contributed by atoms with van der Waals surface area (Å²) in [4.78, 5) is 0.474. The van der Waals surface area contributed by atoms with E-state index >= 15 is 0 Å². The Morgan fingerprint density at radius 3 is 2.44 bits per heavy atom. The highest BCUT2D eigenvalue weighted by Crippen LogP contribution is 2.49. The van der Waals surface area contributed by atoms with Crippen LogP contribution in [0.25, 0.3) is 0 Å². The van der Waals surface area contributed by atoms with Crippen molar-refractivity contribution >= 4 is 24.2 Å². The van der Waals surface area contributed by atoms with Crippen molar-refractivity contribution in [2.45, 2.75) is 81.1 Å². The lowest BCUT2D eigenvalue weighted by atomic mass is 9.96. The van der Waals surface area contributed by atoms with Crippen molar-refractivity contribution in [2.75, 3.05) is 6.61 Å². The van der Waals surface area contributed by atoms with Crippen LogP contribution >= 0.6 is 15.9 Å². The number of ether oxygens (including phenoxy) is 1. The van der Waals surface area contributed by atoms with Gasteiger partial charge in [-0.3, -0.25) is 0 Å². The SMILES string of the molecule is CC(C)(C)[Si](C)(C)O[C@@H]1CCC[C@@]12OCC[C@H]2Br. The van der Waals surface area contributed by atoms with Crippen LogP contribution in [-0.4, -0.2) is 31.5 Å². The molecule has 2 rings (SSSR count). The van der Waals surface area contributed by atoms with Gasteiger partial charge in [0.15, 0.2) is 8.32 Å². The zero-order valence-corrected chi connectivity index (χ0v) is 15.0. The average molecular weight is 335 g/mol. The van der Waals surface area contributed by atoms with E-state index < -0.39 is 8.32 Å². The zero-order valence-electron chi connectivity index (χ0n) is 12.4. The lowest BCUT2D eigenvalue weighted by molar-refractivity contribution is -0.0609. The van der Waals surface area contributed by atoms with Gasteiger partial charge in [-0.25, -0.2) is 0 Å². The maximum Gasteiger partial charge on any atom is 0.192 e. The topological polar surface area (TPSA) is 18.5 Å². The maximum absolute atomic E-state index is 6.66. The normalized spacial score (nSPS) is 37.7. The van der Waals surface area contributed by atoms with Gasteiger partial charge in [-0.1, -0.05) is 36.7 Å². The van der Waals surface area contributed by atoms with E-state index in [1.807, 2.05) is 0 Å². The summed E-state index contributed by atoms with van der Waals surface area (Å²) in [5.41, 5.74) is -0.0322. The fourth-order valence-corrected chi connectivity index (χ4v) is 5.10. The monoisotopic (exact) mass is 334 g/mol. The third kappa shape index (κ3) is 2.46. The Morgan fingerprint density at radius 1 is 1.28 bits per heavy atom. The largest absolute Gasteiger partial charge is 0.411 e. The van der Waals surface area contributed by atoms with Gasteiger partial charge in [0.2, 0.25) is 0 Å². The van der Waals surface area contributed by atoms with Crippen LogP contribution < -0.4 is 0 Å². The van der Waals surface area contributed by atoms with E-state index in [4.69, 9.17) is 9.16 Å². The van der Waals surface area contributed by atoms with Crippen molar-refractivity contribution < 1.29 is 9.16 Å². The first-order chi connectivity index (χ1) is 8.19. The van der Waals surface area contributed by atoms with Gasteiger partial charge in [0, 0.05) is 11.4 Å². The molecule has 106 valence electrons. The van der Waals surface area contributed by atoms with Crippen LogP contribution in [0.4, 0.5) is 0 Å². The second kappa shape index (κ2) is 4.87. The van der Waals surface area contributed by atoms with Crippen LogP contribution in [0, 0.1) is 0 Å². The second-order valence-corrected chi connectivity index (χ2v) is 13.2. The van der Waals surface area contributed by atoms with Gasteiger partial charge in [0.25, 0.3) is 0 Å². The van der Waals surface area contributed by atoms with E-state index in [-0.39, 0.29) is 10.6 Å². The fourth-order valence-electron chi connectivity index (χ4n) is 2.87. The molecule has 1 saturated carbocycles.